The summed E-state index contributed by atoms with van der Waals surface area (Å²) < 4.78 is 37.0. The van der Waals surface area contributed by atoms with Gasteiger partial charge >= 0.3 is 6.18 Å². The summed E-state index contributed by atoms with van der Waals surface area (Å²) in [4.78, 5) is 0. The first-order valence-corrected chi connectivity index (χ1v) is 4.15. The van der Waals surface area contributed by atoms with Crippen molar-refractivity contribution in [2.45, 2.75) is 32.5 Å². The Kier molecular flexibility index (Phi) is 4.19. The fourth-order valence-electron chi connectivity index (χ4n) is 0.675. The first-order valence-electron chi connectivity index (χ1n) is 4.15. The van der Waals surface area contributed by atoms with Crippen LogP contribution in [0.4, 0.5) is 13.2 Å². The van der Waals surface area contributed by atoms with E-state index in [1.54, 1.807) is 13.8 Å². The number of aliphatic hydroxyl groups is 1. The van der Waals surface area contributed by atoms with Crippen molar-refractivity contribution in [3.8, 4) is 0 Å². The SMILES string of the molecule is CC(C)CNC(C)(CO)C(F)(F)F. The van der Waals surface area contributed by atoms with Gasteiger partial charge in [-0.15, -0.1) is 0 Å². The fraction of sp³-hybridized carbons (Fsp3) is 1.00. The molecule has 13 heavy (non-hydrogen) atoms. The average molecular weight is 199 g/mol. The molecule has 0 amide bonds. The standard InChI is InChI=1S/C8H16F3NO/c1-6(2)4-12-7(3,5-13)8(9,10)11/h6,12-13H,4-5H2,1-3H3. The second-order valence-corrected chi connectivity index (χ2v) is 3.76. The lowest BCUT2D eigenvalue weighted by atomic mass is 10.0. The van der Waals surface area contributed by atoms with Gasteiger partial charge in [-0.1, -0.05) is 13.8 Å². The zero-order chi connectivity index (χ0) is 10.7. The fourth-order valence-corrected chi connectivity index (χ4v) is 0.675. The van der Waals surface area contributed by atoms with Gasteiger partial charge in [0.2, 0.25) is 0 Å². The van der Waals surface area contributed by atoms with E-state index < -0.39 is 18.3 Å². The zero-order valence-electron chi connectivity index (χ0n) is 8.07. The number of aliphatic hydroxyl groups excluding tert-OH is 1. The molecular formula is C8H16F3NO. The molecule has 0 radical (unpaired) electrons. The summed E-state index contributed by atoms with van der Waals surface area (Å²) in [6.45, 7) is 3.86. The minimum absolute atomic E-state index is 0.119. The summed E-state index contributed by atoms with van der Waals surface area (Å²) in [6, 6.07) is 0. The van der Waals surface area contributed by atoms with Crippen molar-refractivity contribution in [2.75, 3.05) is 13.2 Å². The number of nitrogens with one attached hydrogen (secondary N) is 1. The molecule has 0 aromatic heterocycles. The first-order chi connectivity index (χ1) is 5.73. The van der Waals surface area contributed by atoms with E-state index >= 15 is 0 Å². The molecule has 80 valence electrons. The van der Waals surface area contributed by atoms with Gasteiger partial charge in [0.1, 0.15) is 5.54 Å². The van der Waals surface area contributed by atoms with Gasteiger partial charge in [0.15, 0.2) is 0 Å². The maximum Gasteiger partial charge on any atom is 0.408 e. The van der Waals surface area contributed by atoms with Crippen LogP contribution in [-0.4, -0.2) is 30.0 Å². The van der Waals surface area contributed by atoms with Crippen molar-refractivity contribution in [2.24, 2.45) is 5.92 Å². The van der Waals surface area contributed by atoms with Gasteiger partial charge in [-0.05, 0) is 19.4 Å². The van der Waals surface area contributed by atoms with Crippen LogP contribution in [0.1, 0.15) is 20.8 Å². The number of hydrogen-bond acceptors (Lipinski definition) is 2. The van der Waals surface area contributed by atoms with Crippen molar-refractivity contribution in [1.82, 2.24) is 5.32 Å². The minimum Gasteiger partial charge on any atom is -0.394 e. The summed E-state index contributed by atoms with van der Waals surface area (Å²) in [5.41, 5.74) is -2.18. The van der Waals surface area contributed by atoms with Gasteiger partial charge in [0.05, 0.1) is 6.61 Å². The van der Waals surface area contributed by atoms with Crippen LogP contribution < -0.4 is 5.32 Å². The van der Waals surface area contributed by atoms with Gasteiger partial charge < -0.3 is 10.4 Å². The highest BCUT2D eigenvalue weighted by molar-refractivity contribution is 4.90. The molecule has 0 aliphatic carbocycles. The maximum absolute atomic E-state index is 12.3. The second kappa shape index (κ2) is 4.28. The van der Waals surface area contributed by atoms with Crippen molar-refractivity contribution in [3.63, 3.8) is 0 Å². The Morgan fingerprint density at radius 1 is 1.31 bits per heavy atom. The summed E-state index contributed by atoms with van der Waals surface area (Å²) in [7, 11) is 0. The lowest BCUT2D eigenvalue weighted by Gasteiger charge is -2.31. The van der Waals surface area contributed by atoms with Crippen LogP contribution in [-0.2, 0) is 0 Å². The summed E-state index contributed by atoms with van der Waals surface area (Å²) in [6.07, 6.45) is -4.42. The predicted octanol–water partition coefficient (Wildman–Crippen LogP) is 1.55. The van der Waals surface area contributed by atoms with E-state index in [1.165, 1.54) is 0 Å². The van der Waals surface area contributed by atoms with Crippen LogP contribution in [0, 0.1) is 5.92 Å². The van der Waals surface area contributed by atoms with Gasteiger partial charge in [0.25, 0.3) is 0 Å². The molecule has 0 spiro atoms. The van der Waals surface area contributed by atoms with Gasteiger partial charge in [-0.25, -0.2) is 0 Å². The Balaban J connectivity index is 4.29. The smallest absolute Gasteiger partial charge is 0.394 e. The van der Waals surface area contributed by atoms with Crippen LogP contribution in [0.15, 0.2) is 0 Å². The number of halogens is 3. The van der Waals surface area contributed by atoms with E-state index in [1.807, 2.05) is 0 Å². The Morgan fingerprint density at radius 3 is 2.00 bits per heavy atom. The molecule has 0 heterocycles. The normalized spacial score (nSPS) is 17.5. The highest BCUT2D eigenvalue weighted by Crippen LogP contribution is 2.29. The Hall–Kier alpha value is -0.290. The number of alkyl halides is 3. The monoisotopic (exact) mass is 199 g/mol. The van der Waals surface area contributed by atoms with Gasteiger partial charge in [0, 0.05) is 0 Å². The van der Waals surface area contributed by atoms with Crippen LogP contribution in [0.5, 0.6) is 0 Å². The third-order valence-corrected chi connectivity index (χ3v) is 1.84. The largest absolute Gasteiger partial charge is 0.408 e. The van der Waals surface area contributed by atoms with Crippen molar-refractivity contribution >= 4 is 0 Å². The Morgan fingerprint density at radius 2 is 1.77 bits per heavy atom. The molecule has 0 bridgehead atoms. The summed E-state index contributed by atoms with van der Waals surface area (Å²) in [5.74, 6) is 0.119. The van der Waals surface area contributed by atoms with Gasteiger partial charge in [-0.2, -0.15) is 13.2 Å². The highest BCUT2D eigenvalue weighted by atomic mass is 19.4. The van der Waals surface area contributed by atoms with E-state index in [0.29, 0.717) is 0 Å². The van der Waals surface area contributed by atoms with Crippen LogP contribution >= 0.6 is 0 Å². The third-order valence-electron chi connectivity index (χ3n) is 1.84. The molecule has 2 nitrogen and oxygen atoms in total. The molecule has 0 aromatic carbocycles. The average Bonchev–Trinajstić information content (AvgIpc) is 1.98. The van der Waals surface area contributed by atoms with E-state index in [-0.39, 0.29) is 12.5 Å². The van der Waals surface area contributed by atoms with Gasteiger partial charge in [-0.3, -0.25) is 0 Å². The third kappa shape index (κ3) is 3.52. The Bertz CT molecular complexity index is 158. The predicted molar refractivity (Wildman–Crippen MR) is 44.4 cm³/mol. The minimum atomic E-state index is -4.42. The first kappa shape index (κ1) is 12.7. The van der Waals surface area contributed by atoms with Crippen molar-refractivity contribution in [1.29, 1.82) is 0 Å². The zero-order valence-corrected chi connectivity index (χ0v) is 8.07. The molecule has 0 aromatic rings. The van der Waals surface area contributed by atoms with Crippen molar-refractivity contribution in [3.05, 3.63) is 0 Å². The van der Waals surface area contributed by atoms with Crippen LogP contribution in [0.3, 0.4) is 0 Å². The van der Waals surface area contributed by atoms with E-state index in [4.69, 9.17) is 5.11 Å². The lowest BCUT2D eigenvalue weighted by molar-refractivity contribution is -0.201. The van der Waals surface area contributed by atoms with Crippen LogP contribution in [0.2, 0.25) is 0 Å². The molecule has 0 saturated carbocycles. The molecule has 1 atom stereocenters. The van der Waals surface area contributed by atoms with E-state index in [2.05, 4.69) is 5.32 Å². The van der Waals surface area contributed by atoms with Crippen LogP contribution in [0.25, 0.3) is 0 Å². The number of hydrogen-bond donors (Lipinski definition) is 2. The van der Waals surface area contributed by atoms with E-state index in [0.717, 1.165) is 6.92 Å². The van der Waals surface area contributed by atoms with Crippen molar-refractivity contribution < 1.29 is 18.3 Å². The molecule has 0 saturated heterocycles. The lowest BCUT2D eigenvalue weighted by Crippen LogP contribution is -2.58. The summed E-state index contributed by atoms with van der Waals surface area (Å²) >= 11 is 0. The highest BCUT2D eigenvalue weighted by Gasteiger charge is 2.50. The molecule has 0 aliphatic rings. The molecule has 2 N–H and O–H groups in total. The number of rotatable bonds is 4. The molecule has 0 rings (SSSR count). The molecule has 0 fully saturated rings. The maximum atomic E-state index is 12.3. The Labute approximate surface area is 76.1 Å². The topological polar surface area (TPSA) is 32.3 Å². The summed E-state index contributed by atoms with van der Waals surface area (Å²) in [5, 5.41) is 11.0. The van der Waals surface area contributed by atoms with E-state index in [9.17, 15) is 13.2 Å². The molecule has 5 heteroatoms. The molecule has 1 unspecified atom stereocenters. The second-order valence-electron chi connectivity index (χ2n) is 3.76. The quantitative estimate of drug-likeness (QED) is 0.720. The molecular weight excluding hydrogens is 183 g/mol. The molecule has 0 aliphatic heterocycles.